The van der Waals surface area contributed by atoms with Crippen LogP contribution in [0.3, 0.4) is 0 Å². The molecule has 0 aliphatic carbocycles. The van der Waals surface area contributed by atoms with Crippen LogP contribution in [-0.4, -0.2) is 37.8 Å². The Bertz CT molecular complexity index is 444. The van der Waals surface area contributed by atoms with Crippen LogP contribution in [0.25, 0.3) is 0 Å². The van der Waals surface area contributed by atoms with Crippen molar-refractivity contribution >= 4 is 21.4 Å². The van der Waals surface area contributed by atoms with Gasteiger partial charge in [0.05, 0.1) is 18.0 Å². The lowest BCUT2D eigenvalue weighted by atomic mass is 10.5. The summed E-state index contributed by atoms with van der Waals surface area (Å²) in [6.07, 6.45) is -2.71. The van der Waals surface area contributed by atoms with Crippen LogP contribution in [0.15, 0.2) is 16.3 Å². The van der Waals surface area contributed by atoms with Crippen LogP contribution in [0, 0.1) is 0 Å². The monoisotopic (exact) mass is 271 g/mol. The Labute approximate surface area is 96.2 Å². The van der Waals surface area contributed by atoms with Crippen molar-refractivity contribution < 1.29 is 22.3 Å². The summed E-state index contributed by atoms with van der Waals surface area (Å²) in [7, 11) is -2.78. The van der Waals surface area contributed by atoms with E-state index in [9.17, 15) is 17.2 Å². The number of thiophene rings is 1. The van der Waals surface area contributed by atoms with Gasteiger partial charge in [0.25, 0.3) is 6.43 Å². The van der Waals surface area contributed by atoms with Gasteiger partial charge in [-0.3, -0.25) is 0 Å². The molecular weight excluding hydrogens is 260 g/mol. The maximum Gasteiger partial charge on any atom is 0.252 e. The Morgan fingerprint density at radius 3 is 2.62 bits per heavy atom. The lowest BCUT2D eigenvalue weighted by molar-refractivity contribution is 0.126. The third-order valence-electron chi connectivity index (χ3n) is 1.89. The SMILES string of the molecule is CN(CC(F)F)S(=O)(=O)c1csc(CO)c1. The molecule has 0 aromatic carbocycles. The number of aliphatic hydroxyl groups is 1. The van der Waals surface area contributed by atoms with E-state index in [0.29, 0.717) is 9.18 Å². The van der Waals surface area contributed by atoms with Crippen LogP contribution in [0.5, 0.6) is 0 Å². The molecule has 1 aromatic heterocycles. The third kappa shape index (κ3) is 2.97. The van der Waals surface area contributed by atoms with Crippen molar-refractivity contribution in [2.75, 3.05) is 13.6 Å². The first kappa shape index (κ1) is 13.5. The van der Waals surface area contributed by atoms with Gasteiger partial charge in [-0.15, -0.1) is 11.3 Å². The minimum Gasteiger partial charge on any atom is -0.391 e. The normalized spacial score (nSPS) is 12.6. The molecule has 0 saturated heterocycles. The van der Waals surface area contributed by atoms with Gasteiger partial charge >= 0.3 is 0 Å². The number of alkyl halides is 2. The lowest BCUT2D eigenvalue weighted by Gasteiger charge is -2.15. The average Bonchev–Trinajstić information content (AvgIpc) is 2.65. The van der Waals surface area contributed by atoms with E-state index in [1.54, 1.807) is 0 Å². The van der Waals surface area contributed by atoms with Gasteiger partial charge in [0, 0.05) is 17.3 Å². The number of sulfonamides is 1. The molecule has 0 unspecified atom stereocenters. The maximum atomic E-state index is 12.1. The quantitative estimate of drug-likeness (QED) is 0.873. The molecule has 92 valence electrons. The summed E-state index contributed by atoms with van der Waals surface area (Å²) >= 11 is 1.07. The minimum atomic E-state index is -3.87. The van der Waals surface area contributed by atoms with Crippen molar-refractivity contribution in [2.45, 2.75) is 17.9 Å². The highest BCUT2D eigenvalue weighted by molar-refractivity contribution is 7.89. The zero-order valence-corrected chi connectivity index (χ0v) is 10.1. The molecule has 1 rings (SSSR count). The highest BCUT2D eigenvalue weighted by atomic mass is 32.2. The second kappa shape index (κ2) is 5.17. The number of halogens is 2. The molecule has 0 bridgehead atoms. The zero-order valence-electron chi connectivity index (χ0n) is 8.43. The van der Waals surface area contributed by atoms with Crippen LogP contribution in [-0.2, 0) is 16.6 Å². The molecule has 0 spiro atoms. The zero-order chi connectivity index (χ0) is 12.3. The molecule has 0 aliphatic heterocycles. The molecule has 4 nitrogen and oxygen atoms in total. The van der Waals surface area contributed by atoms with E-state index in [0.717, 1.165) is 18.4 Å². The highest BCUT2D eigenvalue weighted by Crippen LogP contribution is 2.22. The Hall–Kier alpha value is -0.570. The van der Waals surface area contributed by atoms with E-state index >= 15 is 0 Å². The fraction of sp³-hybridized carbons (Fsp3) is 0.500. The molecule has 0 saturated carbocycles. The van der Waals surface area contributed by atoms with E-state index in [2.05, 4.69) is 0 Å². The summed E-state index contributed by atoms with van der Waals surface area (Å²) in [5.41, 5.74) is 0. The lowest BCUT2D eigenvalue weighted by Crippen LogP contribution is -2.31. The van der Waals surface area contributed by atoms with Crippen LogP contribution in [0.2, 0.25) is 0 Å². The second-order valence-corrected chi connectivity index (χ2v) is 6.12. The Morgan fingerprint density at radius 1 is 1.56 bits per heavy atom. The van der Waals surface area contributed by atoms with Gasteiger partial charge in [-0.1, -0.05) is 0 Å². The Kier molecular flexibility index (Phi) is 4.36. The van der Waals surface area contributed by atoms with Gasteiger partial charge in [0.1, 0.15) is 0 Å². The molecule has 0 atom stereocenters. The van der Waals surface area contributed by atoms with Crippen molar-refractivity contribution in [1.29, 1.82) is 0 Å². The van der Waals surface area contributed by atoms with Gasteiger partial charge in [-0.25, -0.2) is 17.2 Å². The van der Waals surface area contributed by atoms with E-state index in [1.165, 1.54) is 11.4 Å². The van der Waals surface area contributed by atoms with Crippen molar-refractivity contribution in [2.24, 2.45) is 0 Å². The first-order chi connectivity index (χ1) is 7.37. The number of nitrogens with zero attached hydrogens (tertiary/aromatic N) is 1. The van der Waals surface area contributed by atoms with Crippen LogP contribution < -0.4 is 0 Å². The van der Waals surface area contributed by atoms with Crippen LogP contribution >= 0.6 is 11.3 Å². The maximum absolute atomic E-state index is 12.1. The number of hydrogen-bond acceptors (Lipinski definition) is 4. The van der Waals surface area contributed by atoms with Gasteiger partial charge in [-0.2, -0.15) is 4.31 Å². The second-order valence-electron chi connectivity index (χ2n) is 3.08. The number of rotatable bonds is 5. The van der Waals surface area contributed by atoms with Gasteiger partial charge in [-0.05, 0) is 6.07 Å². The van der Waals surface area contributed by atoms with Crippen molar-refractivity contribution in [3.63, 3.8) is 0 Å². The molecular formula is C8H11F2NO3S2. The van der Waals surface area contributed by atoms with Gasteiger partial charge < -0.3 is 5.11 Å². The molecule has 0 radical (unpaired) electrons. The van der Waals surface area contributed by atoms with Crippen LogP contribution in [0.4, 0.5) is 8.78 Å². The van der Waals surface area contributed by atoms with E-state index in [4.69, 9.17) is 5.11 Å². The Morgan fingerprint density at radius 2 is 2.19 bits per heavy atom. The van der Waals surface area contributed by atoms with Crippen molar-refractivity contribution in [1.82, 2.24) is 4.31 Å². The predicted molar refractivity (Wildman–Crippen MR) is 56.1 cm³/mol. The Balaban J connectivity index is 2.92. The number of aliphatic hydroxyl groups excluding tert-OH is 1. The first-order valence-electron chi connectivity index (χ1n) is 4.30. The molecule has 1 N–H and O–H groups in total. The summed E-state index contributed by atoms with van der Waals surface area (Å²) in [5.74, 6) is 0. The fourth-order valence-corrected chi connectivity index (χ4v) is 3.32. The molecule has 0 fully saturated rings. The molecule has 1 aromatic rings. The summed E-state index contributed by atoms with van der Waals surface area (Å²) in [6, 6.07) is 1.28. The third-order valence-corrected chi connectivity index (χ3v) is 4.76. The summed E-state index contributed by atoms with van der Waals surface area (Å²) < 4.78 is 48.1. The average molecular weight is 271 g/mol. The predicted octanol–water partition coefficient (Wildman–Crippen LogP) is 1.13. The summed E-state index contributed by atoms with van der Waals surface area (Å²) in [4.78, 5) is 0.411. The van der Waals surface area contributed by atoms with Crippen molar-refractivity contribution in [3.8, 4) is 0 Å². The largest absolute Gasteiger partial charge is 0.391 e. The van der Waals surface area contributed by atoms with Gasteiger partial charge in [0.15, 0.2) is 0 Å². The standard InChI is InChI=1S/C8H11F2NO3S2/c1-11(3-8(9)10)16(13,14)7-2-6(4-12)15-5-7/h2,5,8,12H,3-4H2,1H3. The highest BCUT2D eigenvalue weighted by Gasteiger charge is 2.24. The van der Waals surface area contributed by atoms with Gasteiger partial charge in [0.2, 0.25) is 10.0 Å². The molecule has 16 heavy (non-hydrogen) atoms. The minimum absolute atomic E-state index is 0.0651. The summed E-state index contributed by atoms with van der Waals surface area (Å²) in [6.45, 7) is -1.11. The molecule has 1 heterocycles. The molecule has 0 aliphatic rings. The van der Waals surface area contributed by atoms with Crippen molar-refractivity contribution in [3.05, 3.63) is 16.3 Å². The van der Waals surface area contributed by atoms with Crippen LogP contribution in [0.1, 0.15) is 4.88 Å². The number of hydrogen-bond donors (Lipinski definition) is 1. The molecule has 8 heteroatoms. The van der Waals surface area contributed by atoms with E-state index in [-0.39, 0.29) is 11.5 Å². The fourth-order valence-electron chi connectivity index (χ4n) is 1.05. The smallest absolute Gasteiger partial charge is 0.252 e. The van der Waals surface area contributed by atoms with E-state index < -0.39 is 23.0 Å². The first-order valence-corrected chi connectivity index (χ1v) is 6.62. The summed E-state index contributed by atoms with van der Waals surface area (Å²) in [5, 5.41) is 10.1. The van der Waals surface area contributed by atoms with E-state index in [1.807, 2.05) is 0 Å². The topological polar surface area (TPSA) is 57.6 Å². The molecule has 0 amide bonds.